The van der Waals surface area contributed by atoms with Crippen molar-refractivity contribution in [3.05, 3.63) is 28.7 Å². The van der Waals surface area contributed by atoms with E-state index >= 15 is 0 Å². The second kappa shape index (κ2) is 6.09. The maximum absolute atomic E-state index is 12.0. The predicted octanol–water partition coefficient (Wildman–Crippen LogP) is 0.0294. The topological polar surface area (TPSA) is 80.4 Å². The number of nitrogen functional groups attached to an aromatic ring is 1. The molecule has 6 nitrogen and oxygen atoms in total. The Morgan fingerprint density at radius 3 is 2.95 bits per heavy atom. The second-order valence-corrected chi connectivity index (χ2v) is 5.55. The summed E-state index contributed by atoms with van der Waals surface area (Å²) in [7, 11) is 2.09. The van der Waals surface area contributed by atoms with E-state index in [1.807, 2.05) is 0 Å². The van der Waals surface area contributed by atoms with Crippen molar-refractivity contribution in [3.8, 4) is 0 Å². The van der Waals surface area contributed by atoms with Crippen LogP contribution in [0, 0.1) is 0 Å². The van der Waals surface area contributed by atoms with Gasteiger partial charge in [0.1, 0.15) is 6.54 Å². The number of amides is 1. The minimum atomic E-state index is -0.217. The molecule has 2 atom stereocenters. The van der Waals surface area contributed by atoms with Crippen LogP contribution < -0.4 is 16.6 Å². The molecule has 0 spiro atoms. The molecule has 20 heavy (non-hydrogen) atoms. The highest BCUT2D eigenvalue weighted by Crippen LogP contribution is 2.15. The SMILES string of the molecule is CC1CC(NC(=O)Cn2cc(N)ccc2=O)CCN1C. The van der Waals surface area contributed by atoms with Crippen LogP contribution in [0.4, 0.5) is 5.69 Å². The van der Waals surface area contributed by atoms with Gasteiger partial charge in [0, 0.05) is 36.6 Å². The molecule has 0 saturated carbocycles. The summed E-state index contributed by atoms with van der Waals surface area (Å²) in [5, 5.41) is 3.00. The molecule has 1 fully saturated rings. The fourth-order valence-electron chi connectivity index (χ4n) is 2.52. The summed E-state index contributed by atoms with van der Waals surface area (Å²) in [6.45, 7) is 3.15. The smallest absolute Gasteiger partial charge is 0.251 e. The summed E-state index contributed by atoms with van der Waals surface area (Å²) >= 11 is 0. The van der Waals surface area contributed by atoms with Gasteiger partial charge in [-0.05, 0) is 32.9 Å². The van der Waals surface area contributed by atoms with Crippen LogP contribution in [-0.4, -0.2) is 41.1 Å². The lowest BCUT2D eigenvalue weighted by Crippen LogP contribution is -2.48. The number of carbonyl (C=O) groups excluding carboxylic acids is 1. The lowest BCUT2D eigenvalue weighted by molar-refractivity contribution is -0.122. The standard InChI is InChI=1S/C14H22N4O2/c1-10-7-12(5-6-17(10)2)16-13(19)9-18-8-11(15)3-4-14(18)20/h3-4,8,10,12H,5-7,9,15H2,1-2H3,(H,16,19). The predicted molar refractivity (Wildman–Crippen MR) is 78.4 cm³/mol. The first-order valence-electron chi connectivity index (χ1n) is 6.91. The van der Waals surface area contributed by atoms with Gasteiger partial charge in [-0.2, -0.15) is 0 Å². The molecule has 6 heteroatoms. The number of carbonyl (C=O) groups is 1. The summed E-state index contributed by atoms with van der Waals surface area (Å²) < 4.78 is 1.34. The summed E-state index contributed by atoms with van der Waals surface area (Å²) in [6, 6.07) is 3.56. The van der Waals surface area contributed by atoms with Crippen molar-refractivity contribution in [1.82, 2.24) is 14.8 Å². The Bertz CT molecular complexity index is 540. The Labute approximate surface area is 118 Å². The zero-order valence-electron chi connectivity index (χ0n) is 12.0. The van der Waals surface area contributed by atoms with Crippen molar-refractivity contribution in [2.75, 3.05) is 19.3 Å². The highest BCUT2D eigenvalue weighted by molar-refractivity contribution is 5.76. The molecule has 3 N–H and O–H groups in total. The maximum atomic E-state index is 12.0. The van der Waals surface area contributed by atoms with Gasteiger partial charge in [0.15, 0.2) is 0 Å². The Hall–Kier alpha value is -1.82. The molecule has 110 valence electrons. The molecule has 2 heterocycles. The molecule has 2 unspecified atom stereocenters. The lowest BCUT2D eigenvalue weighted by Gasteiger charge is -2.35. The average molecular weight is 278 g/mol. The minimum absolute atomic E-state index is 0.0184. The minimum Gasteiger partial charge on any atom is -0.398 e. The highest BCUT2D eigenvalue weighted by atomic mass is 16.2. The summed E-state index contributed by atoms with van der Waals surface area (Å²) in [5.74, 6) is -0.139. The molecule has 1 saturated heterocycles. The van der Waals surface area contributed by atoms with Gasteiger partial charge in [0.2, 0.25) is 5.91 Å². The van der Waals surface area contributed by atoms with E-state index in [-0.39, 0.29) is 24.1 Å². The molecule has 1 aliphatic heterocycles. The number of aromatic nitrogens is 1. The number of hydrogen-bond acceptors (Lipinski definition) is 4. The fraction of sp³-hybridized carbons (Fsp3) is 0.571. The van der Waals surface area contributed by atoms with Gasteiger partial charge < -0.3 is 20.5 Å². The molecule has 0 aliphatic carbocycles. The first-order chi connectivity index (χ1) is 9.45. The monoisotopic (exact) mass is 278 g/mol. The van der Waals surface area contributed by atoms with Crippen LogP contribution in [0.5, 0.6) is 0 Å². The van der Waals surface area contributed by atoms with Crippen LogP contribution in [0.2, 0.25) is 0 Å². The molecule has 0 bridgehead atoms. The van der Waals surface area contributed by atoms with E-state index in [9.17, 15) is 9.59 Å². The third-order valence-corrected chi connectivity index (χ3v) is 3.89. The molecule has 0 aromatic carbocycles. The maximum Gasteiger partial charge on any atom is 0.251 e. The Morgan fingerprint density at radius 1 is 1.50 bits per heavy atom. The van der Waals surface area contributed by atoms with E-state index in [1.165, 1.54) is 22.9 Å². The average Bonchev–Trinajstić information content (AvgIpc) is 2.38. The van der Waals surface area contributed by atoms with Crippen LogP contribution in [0.3, 0.4) is 0 Å². The number of piperidine rings is 1. The largest absolute Gasteiger partial charge is 0.398 e. The second-order valence-electron chi connectivity index (χ2n) is 5.55. The fourth-order valence-corrected chi connectivity index (χ4v) is 2.52. The molecule has 2 rings (SSSR count). The molecule has 1 amide bonds. The van der Waals surface area contributed by atoms with Crippen molar-refractivity contribution in [2.24, 2.45) is 0 Å². The van der Waals surface area contributed by atoms with Crippen LogP contribution >= 0.6 is 0 Å². The third kappa shape index (κ3) is 3.60. The van der Waals surface area contributed by atoms with E-state index in [4.69, 9.17) is 5.73 Å². The van der Waals surface area contributed by atoms with Gasteiger partial charge in [-0.1, -0.05) is 0 Å². The Kier molecular flexibility index (Phi) is 4.44. The van der Waals surface area contributed by atoms with Crippen molar-refractivity contribution < 1.29 is 4.79 Å². The number of nitrogens with zero attached hydrogens (tertiary/aromatic N) is 2. The van der Waals surface area contributed by atoms with E-state index in [0.29, 0.717) is 11.7 Å². The number of hydrogen-bond donors (Lipinski definition) is 2. The normalized spacial score (nSPS) is 23.5. The van der Waals surface area contributed by atoms with Gasteiger partial charge in [0.05, 0.1) is 0 Å². The first-order valence-corrected chi connectivity index (χ1v) is 6.91. The van der Waals surface area contributed by atoms with Crippen LogP contribution in [-0.2, 0) is 11.3 Å². The van der Waals surface area contributed by atoms with Gasteiger partial charge in [-0.25, -0.2) is 0 Å². The van der Waals surface area contributed by atoms with E-state index in [2.05, 4.69) is 24.2 Å². The quantitative estimate of drug-likeness (QED) is 0.817. The Balaban J connectivity index is 1.93. The summed E-state index contributed by atoms with van der Waals surface area (Å²) in [6.07, 6.45) is 3.38. The van der Waals surface area contributed by atoms with E-state index in [1.54, 1.807) is 0 Å². The lowest BCUT2D eigenvalue weighted by atomic mass is 9.99. The summed E-state index contributed by atoms with van der Waals surface area (Å²) in [4.78, 5) is 25.9. The van der Waals surface area contributed by atoms with Crippen molar-refractivity contribution in [1.29, 1.82) is 0 Å². The zero-order chi connectivity index (χ0) is 14.7. The van der Waals surface area contributed by atoms with Gasteiger partial charge in [-0.3, -0.25) is 9.59 Å². The zero-order valence-corrected chi connectivity index (χ0v) is 12.0. The molecule has 1 aromatic rings. The number of pyridine rings is 1. The molecule has 1 aliphatic rings. The highest BCUT2D eigenvalue weighted by Gasteiger charge is 2.23. The van der Waals surface area contributed by atoms with E-state index in [0.717, 1.165) is 19.4 Å². The number of rotatable bonds is 3. The van der Waals surface area contributed by atoms with Crippen LogP contribution in [0.1, 0.15) is 19.8 Å². The number of nitrogens with two attached hydrogens (primary N) is 1. The molecule has 0 radical (unpaired) electrons. The van der Waals surface area contributed by atoms with Gasteiger partial charge in [-0.15, -0.1) is 0 Å². The number of likely N-dealkylation sites (tertiary alicyclic amines) is 1. The van der Waals surface area contributed by atoms with Crippen LogP contribution in [0.25, 0.3) is 0 Å². The Morgan fingerprint density at radius 2 is 2.25 bits per heavy atom. The number of anilines is 1. The van der Waals surface area contributed by atoms with Crippen molar-refractivity contribution in [2.45, 2.75) is 38.4 Å². The summed E-state index contributed by atoms with van der Waals surface area (Å²) in [5.41, 5.74) is 5.88. The molecular formula is C14H22N4O2. The van der Waals surface area contributed by atoms with Gasteiger partial charge in [0.25, 0.3) is 5.56 Å². The number of nitrogens with one attached hydrogen (secondary N) is 1. The van der Waals surface area contributed by atoms with Crippen LogP contribution in [0.15, 0.2) is 23.1 Å². The first kappa shape index (κ1) is 14.6. The van der Waals surface area contributed by atoms with Crippen molar-refractivity contribution >= 4 is 11.6 Å². The molecule has 1 aromatic heterocycles. The van der Waals surface area contributed by atoms with E-state index < -0.39 is 0 Å². The van der Waals surface area contributed by atoms with Crippen molar-refractivity contribution in [3.63, 3.8) is 0 Å². The van der Waals surface area contributed by atoms with Gasteiger partial charge >= 0.3 is 0 Å². The molecular weight excluding hydrogens is 256 g/mol. The third-order valence-electron chi connectivity index (χ3n) is 3.89.